The van der Waals surface area contributed by atoms with E-state index in [1.165, 1.54) is 0 Å². The maximum absolute atomic E-state index is 12.1. The lowest BCUT2D eigenvalue weighted by atomic mass is 9.93. The summed E-state index contributed by atoms with van der Waals surface area (Å²) in [5.74, 6) is 3.78. The van der Waals surface area contributed by atoms with Crippen molar-refractivity contribution in [1.29, 1.82) is 0 Å². The molecule has 1 rings (SSSR count). The largest absolute Gasteiger partial charge is 0.471 e. The van der Waals surface area contributed by atoms with Crippen LogP contribution in [0.2, 0.25) is 0 Å². The average Bonchev–Trinajstić information content (AvgIpc) is 2.60. The smallest absolute Gasteiger partial charge is 0.388 e. The van der Waals surface area contributed by atoms with Gasteiger partial charge in [0.15, 0.2) is 0 Å². The van der Waals surface area contributed by atoms with E-state index in [0.29, 0.717) is 24.0 Å². The molecule has 0 bridgehead atoms. The van der Waals surface area contributed by atoms with Gasteiger partial charge in [-0.15, -0.1) is 0 Å². The number of aliphatic hydroxyl groups excluding tert-OH is 1. The summed E-state index contributed by atoms with van der Waals surface area (Å²) < 4.78 is 36.4. The Morgan fingerprint density at radius 2 is 1.85 bits per heavy atom. The Kier molecular flexibility index (Phi) is 8.80. The molecular formula is C20H26F3NO3. The molecule has 3 N–H and O–H groups in total. The molecule has 0 heterocycles. The molecule has 0 saturated carbocycles. The normalized spacial score (nSPS) is 12.9. The molecule has 0 spiro atoms. The summed E-state index contributed by atoms with van der Waals surface area (Å²) in [5.41, 5.74) is 0.0223. The lowest BCUT2D eigenvalue weighted by Crippen LogP contribution is -2.37. The first-order valence-electron chi connectivity index (χ1n) is 9.00. The van der Waals surface area contributed by atoms with Gasteiger partial charge in [0.25, 0.3) is 0 Å². The van der Waals surface area contributed by atoms with Gasteiger partial charge in [-0.25, -0.2) is 0 Å². The summed E-state index contributed by atoms with van der Waals surface area (Å²) >= 11 is 0. The average molecular weight is 385 g/mol. The van der Waals surface area contributed by atoms with Crippen LogP contribution in [0.25, 0.3) is 0 Å². The number of nitrogens with one attached hydrogen (secondary N) is 1. The minimum absolute atomic E-state index is 0.0612. The van der Waals surface area contributed by atoms with Crippen molar-refractivity contribution < 1.29 is 28.2 Å². The third kappa shape index (κ3) is 8.02. The number of alkyl halides is 3. The van der Waals surface area contributed by atoms with E-state index in [1.807, 2.05) is 13.8 Å². The van der Waals surface area contributed by atoms with Gasteiger partial charge < -0.3 is 15.5 Å². The zero-order chi connectivity index (χ0) is 20.5. The van der Waals surface area contributed by atoms with Crippen LogP contribution in [0.15, 0.2) is 24.3 Å². The number of carbonyl (C=O) groups excluding carboxylic acids is 1. The highest BCUT2D eigenvalue weighted by atomic mass is 19.4. The Bertz CT molecular complexity index is 671. The van der Waals surface area contributed by atoms with Gasteiger partial charge in [0.05, 0.1) is 6.10 Å². The first kappa shape index (κ1) is 23.0. The lowest BCUT2D eigenvalue weighted by molar-refractivity contribution is -0.173. The molecule has 1 unspecified atom stereocenters. The molecule has 0 fully saturated rings. The first-order chi connectivity index (χ1) is 12.6. The molecule has 1 aromatic rings. The van der Waals surface area contributed by atoms with Crippen LogP contribution in [-0.2, 0) is 4.79 Å². The van der Waals surface area contributed by atoms with E-state index in [-0.39, 0.29) is 13.0 Å². The van der Waals surface area contributed by atoms with Gasteiger partial charge in [-0.2, -0.15) is 13.2 Å². The van der Waals surface area contributed by atoms with E-state index in [0.717, 1.165) is 12.8 Å². The predicted molar refractivity (Wildman–Crippen MR) is 96.7 cm³/mol. The van der Waals surface area contributed by atoms with Crippen molar-refractivity contribution in [3.05, 3.63) is 35.4 Å². The highest BCUT2D eigenvalue weighted by Gasteiger charge is 2.38. The zero-order valence-electron chi connectivity index (χ0n) is 15.6. The van der Waals surface area contributed by atoms with Crippen LogP contribution < -0.4 is 5.32 Å². The van der Waals surface area contributed by atoms with Crippen molar-refractivity contribution in [3.8, 4) is 11.8 Å². The molecule has 7 heteroatoms. The minimum atomic E-state index is -4.94. The van der Waals surface area contributed by atoms with Crippen molar-refractivity contribution in [2.75, 3.05) is 6.54 Å². The summed E-state index contributed by atoms with van der Waals surface area (Å²) in [5, 5.41) is 22.4. The Morgan fingerprint density at radius 3 is 2.41 bits per heavy atom. The van der Waals surface area contributed by atoms with Gasteiger partial charge in [0, 0.05) is 12.1 Å². The number of halogens is 3. The third-order valence-corrected chi connectivity index (χ3v) is 4.00. The fourth-order valence-corrected chi connectivity index (χ4v) is 2.68. The van der Waals surface area contributed by atoms with Crippen molar-refractivity contribution in [3.63, 3.8) is 0 Å². The van der Waals surface area contributed by atoms with E-state index >= 15 is 0 Å². The number of benzene rings is 1. The molecule has 0 radical (unpaired) electrons. The van der Waals surface area contributed by atoms with E-state index in [9.17, 15) is 28.2 Å². The summed E-state index contributed by atoms with van der Waals surface area (Å²) in [4.78, 5) is 10.8. The standard InChI is InChI=1S/C20H26F3NO3/c1-3-10-19(27,11-4-2)12-8-15-6-5-7-16(14-15)17(25)9-13-24-18(26)20(21,22)23/h5-7,14,17,25,27H,3-4,9-11,13H2,1-2H3,(H,24,26). The first-order valence-corrected chi connectivity index (χ1v) is 9.00. The predicted octanol–water partition coefficient (Wildman–Crippen LogP) is 3.47. The van der Waals surface area contributed by atoms with Gasteiger partial charge in [-0.1, -0.05) is 50.7 Å². The van der Waals surface area contributed by atoms with Crippen LogP contribution in [0.5, 0.6) is 0 Å². The van der Waals surface area contributed by atoms with Crippen LogP contribution >= 0.6 is 0 Å². The molecule has 0 aliphatic carbocycles. The number of hydrogen-bond acceptors (Lipinski definition) is 3. The van der Waals surface area contributed by atoms with Gasteiger partial charge >= 0.3 is 12.1 Å². The van der Waals surface area contributed by atoms with Crippen molar-refractivity contribution in [1.82, 2.24) is 5.32 Å². The topological polar surface area (TPSA) is 69.6 Å². The van der Waals surface area contributed by atoms with Crippen LogP contribution in [0, 0.1) is 11.8 Å². The zero-order valence-corrected chi connectivity index (χ0v) is 15.6. The Morgan fingerprint density at radius 1 is 1.22 bits per heavy atom. The summed E-state index contributed by atoms with van der Waals surface area (Å²) in [6.45, 7) is 3.63. The number of rotatable bonds is 8. The maximum Gasteiger partial charge on any atom is 0.471 e. The highest BCUT2D eigenvalue weighted by molar-refractivity contribution is 5.81. The molecule has 4 nitrogen and oxygen atoms in total. The minimum Gasteiger partial charge on any atom is -0.388 e. The van der Waals surface area contributed by atoms with Crippen LogP contribution in [0.4, 0.5) is 13.2 Å². The van der Waals surface area contributed by atoms with Crippen molar-refractivity contribution in [2.24, 2.45) is 0 Å². The van der Waals surface area contributed by atoms with E-state index in [1.54, 1.807) is 29.6 Å². The molecule has 1 aromatic carbocycles. The van der Waals surface area contributed by atoms with E-state index < -0.39 is 23.8 Å². The van der Waals surface area contributed by atoms with Gasteiger partial charge in [-0.05, 0) is 37.0 Å². The Balaban J connectivity index is 2.76. The second-order valence-corrected chi connectivity index (χ2v) is 6.47. The van der Waals surface area contributed by atoms with Gasteiger partial charge in [0.1, 0.15) is 5.60 Å². The summed E-state index contributed by atoms with van der Waals surface area (Å²) in [6, 6.07) is 6.66. The molecule has 1 atom stereocenters. The number of amides is 1. The van der Waals surface area contributed by atoms with E-state index in [2.05, 4.69) is 11.8 Å². The monoisotopic (exact) mass is 385 g/mol. The fraction of sp³-hybridized carbons (Fsp3) is 0.550. The van der Waals surface area contributed by atoms with Crippen LogP contribution in [0.1, 0.15) is 63.2 Å². The van der Waals surface area contributed by atoms with Crippen LogP contribution in [0.3, 0.4) is 0 Å². The van der Waals surface area contributed by atoms with Crippen molar-refractivity contribution >= 4 is 5.91 Å². The van der Waals surface area contributed by atoms with Crippen molar-refractivity contribution in [2.45, 2.75) is 63.8 Å². The molecule has 150 valence electrons. The van der Waals surface area contributed by atoms with Crippen LogP contribution in [-0.4, -0.2) is 34.4 Å². The summed E-state index contributed by atoms with van der Waals surface area (Å²) in [6.07, 6.45) is -3.31. The maximum atomic E-state index is 12.1. The highest BCUT2D eigenvalue weighted by Crippen LogP contribution is 2.20. The summed E-state index contributed by atoms with van der Waals surface area (Å²) in [7, 11) is 0. The van der Waals surface area contributed by atoms with Gasteiger partial charge in [0.2, 0.25) is 0 Å². The second kappa shape index (κ2) is 10.3. The number of hydrogen-bond donors (Lipinski definition) is 3. The third-order valence-electron chi connectivity index (χ3n) is 4.00. The molecule has 1 amide bonds. The second-order valence-electron chi connectivity index (χ2n) is 6.47. The Labute approximate surface area is 157 Å². The quantitative estimate of drug-likeness (QED) is 0.600. The number of aliphatic hydroxyl groups is 2. The van der Waals surface area contributed by atoms with E-state index in [4.69, 9.17) is 0 Å². The molecule has 0 saturated heterocycles. The number of carbonyl (C=O) groups is 1. The molecular weight excluding hydrogens is 359 g/mol. The molecule has 0 aromatic heterocycles. The lowest BCUT2D eigenvalue weighted by Gasteiger charge is -2.20. The van der Waals surface area contributed by atoms with Gasteiger partial charge in [-0.3, -0.25) is 4.79 Å². The molecule has 0 aliphatic heterocycles. The molecule has 0 aliphatic rings. The Hall–Kier alpha value is -2.04. The molecule has 27 heavy (non-hydrogen) atoms. The SMILES string of the molecule is CCCC(O)(C#Cc1cccc(C(O)CCNC(=O)C(F)(F)F)c1)CCC. The fourth-order valence-electron chi connectivity index (χ4n) is 2.68.